The van der Waals surface area contributed by atoms with E-state index in [1.54, 1.807) is 24.3 Å². The zero-order chi connectivity index (χ0) is 15.4. The van der Waals surface area contributed by atoms with E-state index in [0.29, 0.717) is 33.6 Å². The van der Waals surface area contributed by atoms with Crippen LogP contribution in [0.25, 0.3) is 0 Å². The van der Waals surface area contributed by atoms with Crippen LogP contribution in [0.1, 0.15) is 5.56 Å². The molecule has 0 amide bonds. The van der Waals surface area contributed by atoms with Crippen LogP contribution in [0.15, 0.2) is 36.4 Å². The van der Waals surface area contributed by atoms with Crippen molar-refractivity contribution in [3.8, 4) is 5.75 Å². The number of nitro benzene ring substituents is 1. The molecule has 5 nitrogen and oxygen atoms in total. The maximum Gasteiger partial charge on any atom is 0.270 e. The van der Waals surface area contributed by atoms with Gasteiger partial charge in [0.2, 0.25) is 0 Å². The summed E-state index contributed by atoms with van der Waals surface area (Å²) in [6.45, 7) is 0.324. The van der Waals surface area contributed by atoms with Gasteiger partial charge in [-0.05, 0) is 24.3 Å². The molecule has 0 aliphatic rings. The summed E-state index contributed by atoms with van der Waals surface area (Å²) in [5.41, 5.74) is 1.31. The molecule has 0 aliphatic carbocycles. The van der Waals surface area contributed by atoms with Crippen molar-refractivity contribution in [1.29, 1.82) is 0 Å². The lowest BCUT2D eigenvalue weighted by Gasteiger charge is -2.12. The lowest BCUT2D eigenvalue weighted by atomic mass is 10.1. The van der Waals surface area contributed by atoms with Crippen molar-refractivity contribution in [2.75, 3.05) is 12.4 Å². The SMILES string of the molecule is COc1ccc([N+](=O)[O-])cc1CNc1cc(Cl)ccc1Cl. The van der Waals surface area contributed by atoms with E-state index in [0.717, 1.165) is 0 Å². The minimum atomic E-state index is -0.449. The molecule has 0 atom stereocenters. The van der Waals surface area contributed by atoms with Crippen molar-refractivity contribution < 1.29 is 9.66 Å². The van der Waals surface area contributed by atoms with Crippen LogP contribution in [-0.2, 0) is 6.54 Å². The first kappa shape index (κ1) is 15.4. The van der Waals surface area contributed by atoms with Gasteiger partial charge in [0.25, 0.3) is 5.69 Å². The number of hydrogen-bond acceptors (Lipinski definition) is 4. The standard InChI is InChI=1S/C14H12Cl2N2O3/c1-21-14-5-3-11(18(19)20)6-9(14)8-17-13-7-10(15)2-4-12(13)16/h2-7,17H,8H2,1H3. The predicted octanol–water partition coefficient (Wildman–Crippen LogP) is 4.52. The molecule has 0 heterocycles. The second-order valence-electron chi connectivity index (χ2n) is 4.23. The first-order valence-corrected chi connectivity index (χ1v) is 6.77. The quantitative estimate of drug-likeness (QED) is 0.648. The van der Waals surface area contributed by atoms with E-state index in [1.807, 2.05) is 0 Å². The Labute approximate surface area is 131 Å². The molecule has 0 saturated heterocycles. The van der Waals surface area contributed by atoms with Gasteiger partial charge in [0.1, 0.15) is 5.75 Å². The monoisotopic (exact) mass is 326 g/mol. The average molecular weight is 327 g/mol. The Kier molecular flexibility index (Phi) is 4.88. The van der Waals surface area contributed by atoms with Gasteiger partial charge in [-0.25, -0.2) is 0 Å². The molecule has 0 spiro atoms. The number of non-ortho nitro benzene ring substituents is 1. The molecule has 0 fully saturated rings. The molecule has 2 aromatic rings. The number of nitrogens with zero attached hydrogens (tertiary/aromatic N) is 1. The van der Waals surface area contributed by atoms with E-state index >= 15 is 0 Å². The normalized spacial score (nSPS) is 10.2. The molecule has 7 heteroatoms. The van der Waals surface area contributed by atoms with E-state index < -0.39 is 4.92 Å². The molecule has 110 valence electrons. The summed E-state index contributed by atoms with van der Waals surface area (Å²) in [4.78, 5) is 10.4. The zero-order valence-corrected chi connectivity index (χ0v) is 12.6. The van der Waals surface area contributed by atoms with Gasteiger partial charge in [0, 0.05) is 29.3 Å². The van der Waals surface area contributed by atoms with E-state index in [2.05, 4.69) is 5.32 Å². The van der Waals surface area contributed by atoms with E-state index in [1.165, 1.54) is 19.2 Å². The summed E-state index contributed by atoms with van der Waals surface area (Å²) in [7, 11) is 1.51. The smallest absolute Gasteiger partial charge is 0.270 e. The van der Waals surface area contributed by atoms with Gasteiger partial charge in [-0.2, -0.15) is 0 Å². The Morgan fingerprint density at radius 2 is 2.00 bits per heavy atom. The molecular formula is C14H12Cl2N2O3. The number of rotatable bonds is 5. The molecule has 0 aromatic heterocycles. The van der Waals surface area contributed by atoms with Crippen LogP contribution in [0.2, 0.25) is 10.0 Å². The van der Waals surface area contributed by atoms with Gasteiger partial charge in [-0.15, -0.1) is 0 Å². The Bertz CT molecular complexity index is 677. The second-order valence-corrected chi connectivity index (χ2v) is 5.07. The highest BCUT2D eigenvalue weighted by atomic mass is 35.5. The van der Waals surface area contributed by atoms with Crippen LogP contribution in [-0.4, -0.2) is 12.0 Å². The number of benzene rings is 2. The highest BCUT2D eigenvalue weighted by Gasteiger charge is 2.11. The number of nitro groups is 1. The van der Waals surface area contributed by atoms with Crippen LogP contribution >= 0.6 is 23.2 Å². The lowest BCUT2D eigenvalue weighted by molar-refractivity contribution is -0.384. The van der Waals surface area contributed by atoms with Gasteiger partial charge in [-0.1, -0.05) is 23.2 Å². The van der Waals surface area contributed by atoms with Crippen molar-refractivity contribution in [1.82, 2.24) is 0 Å². The van der Waals surface area contributed by atoms with Gasteiger partial charge < -0.3 is 10.1 Å². The fourth-order valence-electron chi connectivity index (χ4n) is 1.84. The first-order chi connectivity index (χ1) is 10.0. The van der Waals surface area contributed by atoms with Gasteiger partial charge >= 0.3 is 0 Å². The maximum atomic E-state index is 10.8. The Hall–Kier alpha value is -1.98. The van der Waals surface area contributed by atoms with E-state index in [4.69, 9.17) is 27.9 Å². The molecule has 0 unspecified atom stereocenters. The molecule has 2 aromatic carbocycles. The molecule has 0 saturated carbocycles. The molecule has 21 heavy (non-hydrogen) atoms. The van der Waals surface area contributed by atoms with Crippen LogP contribution in [0.3, 0.4) is 0 Å². The summed E-state index contributed by atoms with van der Waals surface area (Å²) < 4.78 is 5.20. The number of halogens is 2. The Morgan fingerprint density at radius 3 is 2.67 bits per heavy atom. The fraction of sp³-hybridized carbons (Fsp3) is 0.143. The van der Waals surface area contributed by atoms with Crippen LogP contribution < -0.4 is 10.1 Å². The summed E-state index contributed by atoms with van der Waals surface area (Å²) >= 11 is 12.0. The molecule has 2 rings (SSSR count). The molecule has 0 radical (unpaired) electrons. The highest BCUT2D eigenvalue weighted by molar-refractivity contribution is 6.35. The van der Waals surface area contributed by atoms with Crippen molar-refractivity contribution in [2.45, 2.75) is 6.54 Å². The third kappa shape index (κ3) is 3.77. The molecule has 0 bridgehead atoms. The second kappa shape index (κ2) is 6.65. The van der Waals surface area contributed by atoms with Crippen LogP contribution in [0.5, 0.6) is 5.75 Å². The van der Waals surface area contributed by atoms with E-state index in [-0.39, 0.29) is 5.69 Å². The molecule has 1 N–H and O–H groups in total. The van der Waals surface area contributed by atoms with Crippen molar-refractivity contribution in [3.05, 3.63) is 62.1 Å². The highest BCUT2D eigenvalue weighted by Crippen LogP contribution is 2.28. The third-order valence-corrected chi connectivity index (χ3v) is 3.44. The van der Waals surface area contributed by atoms with Gasteiger partial charge in [-0.3, -0.25) is 10.1 Å². The number of hydrogen-bond donors (Lipinski definition) is 1. The van der Waals surface area contributed by atoms with Gasteiger partial charge in [0.15, 0.2) is 0 Å². The lowest BCUT2D eigenvalue weighted by Crippen LogP contribution is -2.03. The minimum absolute atomic E-state index is 0.00444. The van der Waals surface area contributed by atoms with Crippen LogP contribution in [0, 0.1) is 10.1 Å². The van der Waals surface area contributed by atoms with E-state index in [9.17, 15) is 10.1 Å². The summed E-state index contributed by atoms with van der Waals surface area (Å²) in [6, 6.07) is 9.47. The maximum absolute atomic E-state index is 10.8. The average Bonchev–Trinajstić information content (AvgIpc) is 2.47. The minimum Gasteiger partial charge on any atom is -0.496 e. The molecular weight excluding hydrogens is 315 g/mol. The Morgan fingerprint density at radius 1 is 1.24 bits per heavy atom. The topological polar surface area (TPSA) is 64.4 Å². The summed E-state index contributed by atoms with van der Waals surface area (Å²) in [6.07, 6.45) is 0. The first-order valence-electron chi connectivity index (χ1n) is 6.01. The summed E-state index contributed by atoms with van der Waals surface area (Å²) in [5.74, 6) is 0.561. The third-order valence-electron chi connectivity index (χ3n) is 2.87. The predicted molar refractivity (Wildman–Crippen MR) is 83.4 cm³/mol. The number of ether oxygens (including phenoxy) is 1. The Balaban J connectivity index is 2.24. The van der Waals surface area contributed by atoms with Gasteiger partial charge in [0.05, 0.1) is 22.7 Å². The number of nitrogens with one attached hydrogen (secondary N) is 1. The van der Waals surface area contributed by atoms with Crippen molar-refractivity contribution in [3.63, 3.8) is 0 Å². The van der Waals surface area contributed by atoms with Crippen molar-refractivity contribution in [2.24, 2.45) is 0 Å². The number of anilines is 1. The van der Waals surface area contributed by atoms with Crippen LogP contribution in [0.4, 0.5) is 11.4 Å². The fourth-order valence-corrected chi connectivity index (χ4v) is 2.20. The summed E-state index contributed by atoms with van der Waals surface area (Å²) in [5, 5.41) is 15.0. The zero-order valence-electron chi connectivity index (χ0n) is 11.1. The van der Waals surface area contributed by atoms with Crippen molar-refractivity contribution >= 4 is 34.6 Å². The largest absolute Gasteiger partial charge is 0.496 e. The number of methoxy groups -OCH3 is 1. The molecule has 0 aliphatic heterocycles.